The van der Waals surface area contributed by atoms with E-state index in [1.807, 2.05) is 12.1 Å². The number of ether oxygens (including phenoxy) is 1. The molecule has 238 valence electrons. The molecule has 2 bridgehead atoms. The van der Waals surface area contributed by atoms with Crippen LogP contribution in [0, 0.1) is 5.82 Å². The van der Waals surface area contributed by atoms with E-state index in [2.05, 4.69) is 11.5 Å². The summed E-state index contributed by atoms with van der Waals surface area (Å²) in [6.45, 7) is 5.21. The smallest absolute Gasteiger partial charge is 0.335 e. The summed E-state index contributed by atoms with van der Waals surface area (Å²) in [4.78, 5) is 49.8. The number of aliphatic hydroxyl groups excluding tert-OH is 2. The first-order chi connectivity index (χ1) is 21.3. The van der Waals surface area contributed by atoms with E-state index < -0.39 is 64.9 Å². The second-order valence-corrected chi connectivity index (χ2v) is 12.0. The Hall–Kier alpha value is -4.37. The number of imide groups is 1. The second kappa shape index (κ2) is 10.6. The number of phenolic OH excluding ortho intramolecular Hbond substituents is 1. The Kier molecular flexibility index (Phi) is 7.23. The number of halogens is 1. The van der Waals surface area contributed by atoms with E-state index in [-0.39, 0.29) is 22.9 Å². The Morgan fingerprint density at radius 3 is 2.38 bits per heavy atom. The highest BCUT2D eigenvalue weighted by Crippen LogP contribution is 2.66. The molecule has 1 saturated heterocycles. The maximum atomic E-state index is 13.9. The lowest BCUT2D eigenvalue weighted by Gasteiger charge is -2.64. The SMILES string of the molecule is C=CCN1CC[C@]23c4c5ccc(O)c4O[C@H]2[C@H](N2C(=O)c4ccc(F)cc4C2=O)CC[C@@]3(O)[C@H]1C5.O=C(O)C(O)C(O)C(=O)O. The van der Waals surface area contributed by atoms with E-state index >= 15 is 0 Å². The quantitative estimate of drug-likeness (QED) is 0.191. The Morgan fingerprint density at radius 2 is 1.73 bits per heavy atom. The summed E-state index contributed by atoms with van der Waals surface area (Å²) in [5.41, 5.74) is 0.0127. The number of phenols is 1. The molecule has 13 nitrogen and oxygen atoms in total. The van der Waals surface area contributed by atoms with Crippen LogP contribution < -0.4 is 4.74 Å². The van der Waals surface area contributed by atoms with Crippen molar-refractivity contribution in [2.75, 3.05) is 13.1 Å². The van der Waals surface area contributed by atoms with Crippen LogP contribution in [-0.4, -0.2) is 113 Å². The minimum Gasteiger partial charge on any atom is -0.504 e. The number of carboxylic acids is 2. The number of amides is 2. The molecular weight excluding hydrogens is 595 g/mol. The number of carbonyl (C=O) groups is 4. The average molecular weight is 627 g/mol. The number of likely N-dealkylation sites (tertiary alicyclic amines) is 1. The van der Waals surface area contributed by atoms with Gasteiger partial charge in [0.15, 0.2) is 23.7 Å². The van der Waals surface area contributed by atoms with Crippen LogP contribution in [0.15, 0.2) is 43.0 Å². The summed E-state index contributed by atoms with van der Waals surface area (Å²) >= 11 is 0. The maximum absolute atomic E-state index is 13.9. The normalized spacial score (nSPS) is 30.3. The van der Waals surface area contributed by atoms with Crippen LogP contribution in [0.5, 0.6) is 11.5 Å². The molecule has 0 aromatic heterocycles. The van der Waals surface area contributed by atoms with Gasteiger partial charge in [-0.3, -0.25) is 19.4 Å². The molecular formula is C31H31FN2O11. The fraction of sp³-hybridized carbons (Fsp3) is 0.419. The first-order valence-corrected chi connectivity index (χ1v) is 14.4. The van der Waals surface area contributed by atoms with Gasteiger partial charge in [0.25, 0.3) is 11.8 Å². The summed E-state index contributed by atoms with van der Waals surface area (Å²) in [6, 6.07) is 6.29. The molecule has 3 aliphatic heterocycles. The third-order valence-corrected chi connectivity index (χ3v) is 9.92. The third kappa shape index (κ3) is 4.20. The van der Waals surface area contributed by atoms with Crippen LogP contribution in [0.3, 0.4) is 0 Å². The molecule has 2 aromatic rings. The van der Waals surface area contributed by atoms with Crippen molar-refractivity contribution in [3.8, 4) is 11.5 Å². The van der Waals surface area contributed by atoms with Gasteiger partial charge in [-0.1, -0.05) is 12.1 Å². The average Bonchev–Trinajstić information content (AvgIpc) is 3.47. The largest absolute Gasteiger partial charge is 0.504 e. The lowest BCUT2D eigenvalue weighted by atomic mass is 9.48. The molecule has 3 heterocycles. The summed E-state index contributed by atoms with van der Waals surface area (Å²) in [5, 5.41) is 55.7. The van der Waals surface area contributed by atoms with Gasteiger partial charge in [-0.05, 0) is 62.1 Å². The summed E-state index contributed by atoms with van der Waals surface area (Å²) in [7, 11) is 0. The van der Waals surface area contributed by atoms with Crippen molar-refractivity contribution in [2.45, 2.75) is 67.1 Å². The minimum absolute atomic E-state index is 0.00923. The second-order valence-electron chi connectivity index (χ2n) is 12.0. The number of hydrogen-bond acceptors (Lipinski definition) is 10. The molecule has 7 rings (SSSR count). The minimum atomic E-state index is -2.27. The first kappa shape index (κ1) is 30.6. The number of aliphatic carboxylic acids is 2. The summed E-state index contributed by atoms with van der Waals surface area (Å²) < 4.78 is 20.4. The predicted molar refractivity (Wildman–Crippen MR) is 150 cm³/mol. The van der Waals surface area contributed by atoms with Crippen molar-refractivity contribution in [3.63, 3.8) is 0 Å². The number of piperidine rings is 1. The van der Waals surface area contributed by atoms with E-state index in [9.17, 15) is 33.8 Å². The van der Waals surface area contributed by atoms with E-state index in [1.54, 1.807) is 6.07 Å². The van der Waals surface area contributed by atoms with Crippen LogP contribution >= 0.6 is 0 Å². The molecule has 2 aromatic carbocycles. The van der Waals surface area contributed by atoms with Crippen molar-refractivity contribution >= 4 is 23.8 Å². The van der Waals surface area contributed by atoms with Crippen molar-refractivity contribution < 1.29 is 58.9 Å². The number of aromatic hydroxyl groups is 1. The number of aliphatic hydroxyl groups is 3. The van der Waals surface area contributed by atoms with Gasteiger partial charge in [-0.2, -0.15) is 0 Å². The molecule has 0 radical (unpaired) electrons. The van der Waals surface area contributed by atoms with Gasteiger partial charge >= 0.3 is 11.9 Å². The number of carboxylic acid groups (broad SMARTS) is 2. The van der Waals surface area contributed by atoms with Gasteiger partial charge in [0, 0.05) is 18.2 Å². The Morgan fingerprint density at radius 1 is 1.07 bits per heavy atom. The molecule has 2 aliphatic carbocycles. The van der Waals surface area contributed by atoms with Gasteiger partial charge in [0.2, 0.25) is 0 Å². The lowest BCUT2D eigenvalue weighted by Crippen LogP contribution is -2.78. The van der Waals surface area contributed by atoms with E-state index in [0.29, 0.717) is 44.5 Å². The molecule has 14 heteroatoms. The van der Waals surface area contributed by atoms with E-state index in [1.165, 1.54) is 17.0 Å². The number of nitrogens with zero attached hydrogens (tertiary/aromatic N) is 2. The predicted octanol–water partition coefficient (Wildman–Crippen LogP) is 0.414. The molecule has 5 aliphatic rings. The standard InChI is InChI=1S/C27H25FN2O5.C4H6O6/c1-2-10-29-11-9-26-21-14-3-6-19(31)22(21)35-23(26)18(7-8-27(26,34)20(29)12-14)30-24(32)16-5-4-15(28)13-17(16)25(30)33;5-1(3(7)8)2(6)4(9)10/h2-6,13,18,20,23,31,34H,1,7-12H2;1-2,5-6H,(H,7,8)(H,9,10)/t18-,20-,23+,26+,27-;/m1./s1. The van der Waals surface area contributed by atoms with Crippen LogP contribution in [0.25, 0.3) is 0 Å². The Bertz CT molecular complexity index is 1630. The van der Waals surface area contributed by atoms with Crippen molar-refractivity contribution in [2.24, 2.45) is 0 Å². The topological polar surface area (TPSA) is 205 Å². The molecule has 2 amide bonds. The zero-order chi connectivity index (χ0) is 32.6. The zero-order valence-electron chi connectivity index (χ0n) is 23.8. The molecule has 2 fully saturated rings. The van der Waals surface area contributed by atoms with E-state index in [0.717, 1.165) is 17.2 Å². The number of carbonyl (C=O) groups excluding carboxylic acids is 2. The summed E-state index contributed by atoms with van der Waals surface area (Å²) in [6.07, 6.45) is -1.53. The first-order valence-electron chi connectivity index (χ1n) is 14.4. The van der Waals surface area contributed by atoms with Crippen LogP contribution in [0.1, 0.15) is 51.1 Å². The molecule has 1 saturated carbocycles. The number of benzene rings is 2. The van der Waals surface area contributed by atoms with Gasteiger partial charge in [0.05, 0.1) is 28.2 Å². The van der Waals surface area contributed by atoms with Crippen molar-refractivity contribution in [3.05, 3.63) is 71.1 Å². The monoisotopic (exact) mass is 626 g/mol. The molecule has 1 spiro atoms. The number of rotatable bonds is 6. The maximum Gasteiger partial charge on any atom is 0.335 e. The van der Waals surface area contributed by atoms with E-state index in [4.69, 9.17) is 25.2 Å². The van der Waals surface area contributed by atoms with Crippen molar-refractivity contribution in [1.82, 2.24) is 9.80 Å². The number of fused-ring (bicyclic) bond motifs is 1. The zero-order valence-corrected chi connectivity index (χ0v) is 23.8. The highest BCUT2D eigenvalue weighted by molar-refractivity contribution is 6.21. The Labute approximate surface area is 255 Å². The van der Waals surface area contributed by atoms with Gasteiger partial charge in [-0.15, -0.1) is 6.58 Å². The fourth-order valence-electron chi connectivity index (χ4n) is 8.06. The molecule has 6 N–H and O–H groups in total. The molecule has 45 heavy (non-hydrogen) atoms. The highest BCUT2D eigenvalue weighted by Gasteiger charge is 2.74. The Balaban J connectivity index is 0.000000311. The molecule has 7 atom stereocenters. The third-order valence-electron chi connectivity index (χ3n) is 9.92. The van der Waals surface area contributed by atoms with Gasteiger partial charge in [0.1, 0.15) is 11.9 Å². The highest BCUT2D eigenvalue weighted by atomic mass is 19.1. The summed E-state index contributed by atoms with van der Waals surface area (Å²) in [5.74, 6) is -4.80. The van der Waals surface area contributed by atoms with Gasteiger partial charge < -0.3 is 35.4 Å². The van der Waals surface area contributed by atoms with Gasteiger partial charge in [-0.25, -0.2) is 14.0 Å². The van der Waals surface area contributed by atoms with Crippen LogP contribution in [0.4, 0.5) is 4.39 Å². The van der Waals surface area contributed by atoms with Crippen LogP contribution in [-0.2, 0) is 21.4 Å². The van der Waals surface area contributed by atoms with Crippen LogP contribution in [0.2, 0.25) is 0 Å². The fourth-order valence-corrected chi connectivity index (χ4v) is 8.06. The lowest BCUT2D eigenvalue weighted by molar-refractivity contribution is -0.194. The molecule has 2 unspecified atom stereocenters. The number of hydrogen-bond donors (Lipinski definition) is 6. The van der Waals surface area contributed by atoms with Crippen molar-refractivity contribution in [1.29, 1.82) is 0 Å².